The third-order valence-corrected chi connectivity index (χ3v) is 5.11. The van der Waals surface area contributed by atoms with Gasteiger partial charge in [0.2, 0.25) is 5.91 Å². The van der Waals surface area contributed by atoms with Gasteiger partial charge >= 0.3 is 0 Å². The Balaban J connectivity index is 1.68. The van der Waals surface area contributed by atoms with Crippen LogP contribution in [0.3, 0.4) is 0 Å². The Morgan fingerprint density at radius 2 is 2.12 bits per heavy atom. The van der Waals surface area contributed by atoms with E-state index in [4.69, 9.17) is 4.74 Å². The molecule has 6 heteroatoms. The standard InChI is InChI=1S/C19H28FN3O2/c1-14(21-19(24)13-16-4-3-11-25-16)17-12-15(20)5-6-18(17)23-9-7-22(2)8-10-23/h5-6,12,14,16H,3-4,7-11,13H2,1-2H3,(H,21,24)/t14-,16+/m0/s1. The number of carbonyl (C=O) groups excluding carboxylic acids is 1. The number of hydrogen-bond donors (Lipinski definition) is 1. The molecule has 3 rings (SSSR count). The predicted molar refractivity (Wildman–Crippen MR) is 96.3 cm³/mol. The van der Waals surface area contributed by atoms with Gasteiger partial charge in [-0.2, -0.15) is 0 Å². The molecule has 1 aromatic carbocycles. The molecule has 1 aromatic rings. The Hall–Kier alpha value is -1.66. The summed E-state index contributed by atoms with van der Waals surface area (Å²) in [6, 6.07) is 4.64. The molecular weight excluding hydrogens is 321 g/mol. The Morgan fingerprint density at radius 3 is 2.80 bits per heavy atom. The number of benzene rings is 1. The molecule has 0 aromatic heterocycles. The summed E-state index contributed by atoms with van der Waals surface area (Å²) >= 11 is 0. The van der Waals surface area contributed by atoms with Crippen LogP contribution in [0.4, 0.5) is 10.1 Å². The van der Waals surface area contributed by atoms with Crippen molar-refractivity contribution in [2.75, 3.05) is 44.7 Å². The predicted octanol–water partition coefficient (Wildman–Crippen LogP) is 2.32. The first-order valence-electron chi connectivity index (χ1n) is 9.17. The molecule has 2 aliphatic heterocycles. The van der Waals surface area contributed by atoms with Crippen LogP contribution in [0.15, 0.2) is 18.2 Å². The molecule has 2 heterocycles. The lowest BCUT2D eigenvalue weighted by molar-refractivity contribution is -0.123. The molecule has 138 valence electrons. The average molecular weight is 349 g/mol. The Morgan fingerprint density at radius 1 is 1.36 bits per heavy atom. The van der Waals surface area contributed by atoms with Crippen LogP contribution in [0.2, 0.25) is 0 Å². The summed E-state index contributed by atoms with van der Waals surface area (Å²) in [5.41, 5.74) is 1.85. The van der Waals surface area contributed by atoms with E-state index in [2.05, 4.69) is 22.2 Å². The fourth-order valence-corrected chi connectivity index (χ4v) is 3.60. The molecule has 0 radical (unpaired) electrons. The SMILES string of the molecule is C[C@H](NC(=O)C[C@H]1CCCO1)c1cc(F)ccc1N1CCN(C)CC1. The molecule has 1 amide bonds. The zero-order valence-corrected chi connectivity index (χ0v) is 15.1. The molecule has 2 aliphatic rings. The summed E-state index contributed by atoms with van der Waals surface area (Å²) in [5.74, 6) is -0.305. The molecule has 25 heavy (non-hydrogen) atoms. The van der Waals surface area contributed by atoms with Gasteiger partial charge < -0.3 is 19.9 Å². The number of nitrogens with zero attached hydrogens (tertiary/aromatic N) is 2. The normalized spacial score (nSPS) is 22.8. The highest BCUT2D eigenvalue weighted by Gasteiger charge is 2.23. The van der Waals surface area contributed by atoms with Gasteiger partial charge in [0, 0.05) is 44.0 Å². The smallest absolute Gasteiger partial charge is 0.223 e. The monoisotopic (exact) mass is 349 g/mol. The van der Waals surface area contributed by atoms with Gasteiger partial charge in [-0.15, -0.1) is 0 Å². The first-order chi connectivity index (χ1) is 12.0. The van der Waals surface area contributed by atoms with Crippen molar-refractivity contribution in [2.45, 2.75) is 38.3 Å². The van der Waals surface area contributed by atoms with Crippen molar-refractivity contribution >= 4 is 11.6 Å². The van der Waals surface area contributed by atoms with Crippen LogP contribution in [0.1, 0.15) is 37.8 Å². The molecule has 1 N–H and O–H groups in total. The van der Waals surface area contributed by atoms with Gasteiger partial charge in [0.1, 0.15) is 5.82 Å². The van der Waals surface area contributed by atoms with Crippen molar-refractivity contribution in [3.63, 3.8) is 0 Å². The van der Waals surface area contributed by atoms with Gasteiger partial charge in [0.25, 0.3) is 0 Å². The van der Waals surface area contributed by atoms with Crippen molar-refractivity contribution in [1.82, 2.24) is 10.2 Å². The van der Waals surface area contributed by atoms with E-state index in [1.165, 1.54) is 6.07 Å². The Bertz CT molecular complexity index is 596. The van der Waals surface area contributed by atoms with E-state index in [1.54, 1.807) is 6.07 Å². The van der Waals surface area contributed by atoms with Crippen LogP contribution >= 0.6 is 0 Å². The first-order valence-corrected chi connectivity index (χ1v) is 9.17. The Kier molecular flexibility index (Phi) is 5.91. The summed E-state index contributed by atoms with van der Waals surface area (Å²) in [5, 5.41) is 3.02. The van der Waals surface area contributed by atoms with E-state index in [1.807, 2.05) is 13.0 Å². The van der Waals surface area contributed by atoms with Gasteiger partial charge in [0.15, 0.2) is 0 Å². The van der Waals surface area contributed by atoms with Crippen LogP contribution in [0.25, 0.3) is 0 Å². The number of anilines is 1. The number of halogens is 1. The summed E-state index contributed by atoms with van der Waals surface area (Å²) in [6.45, 7) is 6.44. The molecular formula is C19H28FN3O2. The first kappa shape index (κ1) is 18.1. The van der Waals surface area contributed by atoms with Crippen molar-refractivity contribution < 1.29 is 13.9 Å². The molecule has 0 bridgehead atoms. The Labute approximate surface area is 149 Å². The minimum Gasteiger partial charge on any atom is -0.378 e. The van der Waals surface area contributed by atoms with Crippen molar-refractivity contribution in [1.29, 1.82) is 0 Å². The van der Waals surface area contributed by atoms with Crippen molar-refractivity contribution in [3.8, 4) is 0 Å². The summed E-state index contributed by atoms with van der Waals surface area (Å²) in [7, 11) is 2.11. The highest BCUT2D eigenvalue weighted by molar-refractivity contribution is 5.77. The quantitative estimate of drug-likeness (QED) is 0.886. The van der Waals surface area contributed by atoms with Crippen LogP contribution in [-0.2, 0) is 9.53 Å². The van der Waals surface area contributed by atoms with Gasteiger partial charge in [0.05, 0.1) is 18.6 Å². The molecule has 0 saturated carbocycles. The number of carbonyl (C=O) groups is 1. The molecule has 0 unspecified atom stereocenters. The number of hydrogen-bond acceptors (Lipinski definition) is 4. The summed E-state index contributed by atoms with van der Waals surface area (Å²) in [6.07, 6.45) is 2.36. The van der Waals surface area contributed by atoms with E-state index in [0.717, 1.165) is 56.9 Å². The maximum absolute atomic E-state index is 13.8. The van der Waals surface area contributed by atoms with E-state index in [9.17, 15) is 9.18 Å². The number of amides is 1. The lowest BCUT2D eigenvalue weighted by Crippen LogP contribution is -2.45. The van der Waals surface area contributed by atoms with Crippen LogP contribution in [-0.4, -0.2) is 56.7 Å². The zero-order chi connectivity index (χ0) is 17.8. The molecule has 2 atom stereocenters. The topological polar surface area (TPSA) is 44.8 Å². The fraction of sp³-hybridized carbons (Fsp3) is 0.632. The molecule has 5 nitrogen and oxygen atoms in total. The van der Waals surface area contributed by atoms with E-state index >= 15 is 0 Å². The average Bonchev–Trinajstić information content (AvgIpc) is 3.08. The van der Waals surface area contributed by atoms with Gasteiger partial charge in [-0.05, 0) is 45.0 Å². The largest absolute Gasteiger partial charge is 0.378 e. The van der Waals surface area contributed by atoms with Crippen LogP contribution in [0.5, 0.6) is 0 Å². The number of piperazine rings is 1. The van der Waals surface area contributed by atoms with E-state index < -0.39 is 0 Å². The van der Waals surface area contributed by atoms with Crippen molar-refractivity contribution in [2.24, 2.45) is 0 Å². The van der Waals surface area contributed by atoms with E-state index in [-0.39, 0.29) is 23.9 Å². The van der Waals surface area contributed by atoms with E-state index in [0.29, 0.717) is 6.42 Å². The van der Waals surface area contributed by atoms with Crippen molar-refractivity contribution in [3.05, 3.63) is 29.6 Å². The highest BCUT2D eigenvalue weighted by atomic mass is 19.1. The lowest BCUT2D eigenvalue weighted by Gasteiger charge is -2.36. The van der Waals surface area contributed by atoms with Gasteiger partial charge in [-0.1, -0.05) is 0 Å². The number of ether oxygens (including phenoxy) is 1. The van der Waals surface area contributed by atoms with Gasteiger partial charge in [-0.3, -0.25) is 4.79 Å². The second-order valence-electron chi connectivity index (χ2n) is 7.12. The lowest BCUT2D eigenvalue weighted by atomic mass is 10.0. The third-order valence-electron chi connectivity index (χ3n) is 5.11. The van der Waals surface area contributed by atoms with Gasteiger partial charge in [-0.25, -0.2) is 4.39 Å². The molecule has 0 aliphatic carbocycles. The second kappa shape index (κ2) is 8.15. The summed E-state index contributed by atoms with van der Waals surface area (Å²) < 4.78 is 19.4. The second-order valence-corrected chi connectivity index (χ2v) is 7.12. The minimum absolute atomic E-state index is 0.0248. The number of likely N-dealkylation sites (N-methyl/N-ethyl adjacent to an activating group) is 1. The number of rotatable bonds is 5. The maximum atomic E-state index is 13.8. The van der Waals surface area contributed by atoms with Crippen LogP contribution < -0.4 is 10.2 Å². The van der Waals surface area contributed by atoms with Crippen LogP contribution in [0, 0.1) is 5.82 Å². The maximum Gasteiger partial charge on any atom is 0.223 e. The molecule has 2 saturated heterocycles. The third kappa shape index (κ3) is 4.70. The summed E-state index contributed by atoms with van der Waals surface area (Å²) in [4.78, 5) is 16.9. The fourth-order valence-electron chi connectivity index (χ4n) is 3.60. The minimum atomic E-state index is -0.270. The molecule has 0 spiro atoms. The zero-order valence-electron chi connectivity index (χ0n) is 15.1. The highest BCUT2D eigenvalue weighted by Crippen LogP contribution is 2.28. The number of nitrogens with one attached hydrogen (secondary N) is 1. The molecule has 2 fully saturated rings.